The van der Waals surface area contributed by atoms with Gasteiger partial charge in [0, 0.05) is 6.61 Å². The highest BCUT2D eigenvalue weighted by Crippen LogP contribution is 2.26. The molecule has 0 aliphatic carbocycles. The molecule has 0 aromatic heterocycles. The lowest BCUT2D eigenvalue weighted by Gasteiger charge is -2.41. The van der Waals surface area contributed by atoms with Gasteiger partial charge in [-0.05, 0) is 77.0 Å². The summed E-state index contributed by atoms with van der Waals surface area (Å²) in [5, 5.41) is 30.7. The van der Waals surface area contributed by atoms with Gasteiger partial charge in [-0.2, -0.15) is 8.42 Å². The fourth-order valence-electron chi connectivity index (χ4n) is 6.44. The SMILES string of the molecule is CC/C=C\C/C=C\C/C=C\C/C=C\C/C=C\CC(=O)OC(COCCCCCCCCCCC/C=C\C/C=C\C/C=C\C/C=C\CC)COC1OC(CO)C(O)C(OS(=O)(=O)O)C1O. The van der Waals surface area contributed by atoms with Crippen LogP contribution in [0.25, 0.3) is 0 Å². The van der Waals surface area contributed by atoms with Crippen LogP contribution in [0.4, 0.5) is 0 Å². The molecule has 1 heterocycles. The number of hydrogen-bond donors (Lipinski definition) is 4. The van der Waals surface area contributed by atoms with Crippen LogP contribution >= 0.6 is 0 Å². The van der Waals surface area contributed by atoms with Gasteiger partial charge in [0.2, 0.25) is 0 Å². The molecule has 6 unspecified atom stereocenters. The van der Waals surface area contributed by atoms with Gasteiger partial charge in [0.25, 0.3) is 0 Å². The highest BCUT2D eigenvalue weighted by Gasteiger charge is 2.48. The number of unbranched alkanes of at least 4 members (excludes halogenated alkanes) is 9. The van der Waals surface area contributed by atoms with Gasteiger partial charge in [-0.3, -0.25) is 9.35 Å². The Morgan fingerprint density at radius 2 is 1.03 bits per heavy atom. The molecule has 1 fully saturated rings. The summed E-state index contributed by atoms with van der Waals surface area (Å²) in [5.41, 5.74) is 0. The molecule has 13 heteroatoms. The number of aliphatic hydroxyl groups is 3. The first-order valence-corrected chi connectivity index (χ1v) is 25.0. The Labute approximate surface area is 386 Å². The van der Waals surface area contributed by atoms with E-state index in [0.717, 1.165) is 83.5 Å². The first kappa shape index (κ1) is 58.8. The zero-order valence-corrected chi connectivity index (χ0v) is 39.6. The van der Waals surface area contributed by atoms with Gasteiger partial charge in [0.1, 0.15) is 30.5 Å². The molecule has 0 aromatic carbocycles. The molecule has 0 aromatic rings. The average molecular weight is 919 g/mol. The second-order valence-electron chi connectivity index (χ2n) is 15.6. The Balaban J connectivity index is 2.44. The van der Waals surface area contributed by atoms with Gasteiger partial charge in [-0.15, -0.1) is 0 Å². The van der Waals surface area contributed by atoms with E-state index >= 15 is 0 Å². The van der Waals surface area contributed by atoms with Crippen molar-refractivity contribution in [2.24, 2.45) is 0 Å². The van der Waals surface area contributed by atoms with Crippen LogP contribution in [0, 0.1) is 0 Å². The number of ether oxygens (including phenoxy) is 4. The van der Waals surface area contributed by atoms with Gasteiger partial charge < -0.3 is 34.3 Å². The summed E-state index contributed by atoms with van der Waals surface area (Å²) >= 11 is 0. The standard InChI is InChI=1S/C51H82O12S/c1-3-5-7-9-11-13-15-17-19-20-21-22-23-24-25-27-29-31-33-35-37-39-41-59-43-45(44-60-51-49(55)50(63-64(56,57)58)48(54)46(42-52)62-51)61-47(53)40-38-36-34-32-30-28-26-18-16-14-12-10-8-6-4-2/h5-8,11-14,17-19,21-22,26,30,32,36,38,45-46,48-52,54-55H,3-4,9-10,15-16,20,23-25,27-29,31,33-35,37,39-44H2,1-2H3,(H,56,57,58)/b7-5-,8-6-,13-11-,14-12-,19-17-,22-21-,26-18-,32-30-,38-36-. The first-order chi connectivity index (χ1) is 31.1. The third kappa shape index (κ3) is 34.2. The molecule has 0 amide bonds. The van der Waals surface area contributed by atoms with E-state index in [9.17, 15) is 28.5 Å². The number of aliphatic hydroxyl groups excluding tert-OH is 3. The minimum Gasteiger partial charge on any atom is -0.457 e. The molecule has 364 valence electrons. The van der Waals surface area contributed by atoms with Crippen molar-refractivity contribution >= 4 is 16.4 Å². The number of carbonyl (C=O) groups is 1. The normalized spacial score (nSPS) is 20.8. The molecule has 0 spiro atoms. The van der Waals surface area contributed by atoms with Gasteiger partial charge in [-0.25, -0.2) is 4.18 Å². The quantitative estimate of drug-likeness (QED) is 0.0199. The molecule has 64 heavy (non-hydrogen) atoms. The Morgan fingerprint density at radius 3 is 1.50 bits per heavy atom. The van der Waals surface area contributed by atoms with Crippen molar-refractivity contribution in [2.75, 3.05) is 26.4 Å². The summed E-state index contributed by atoms with van der Waals surface area (Å²) in [6.07, 6.45) is 48.7. The van der Waals surface area contributed by atoms with Crippen molar-refractivity contribution < 1.29 is 56.2 Å². The van der Waals surface area contributed by atoms with E-state index < -0.39 is 59.8 Å². The minimum atomic E-state index is -5.08. The zero-order chi connectivity index (χ0) is 46.8. The number of esters is 1. The highest BCUT2D eigenvalue weighted by molar-refractivity contribution is 7.80. The molecule has 1 rings (SSSR count). The van der Waals surface area contributed by atoms with Crippen LogP contribution in [0.3, 0.4) is 0 Å². The van der Waals surface area contributed by atoms with Gasteiger partial charge in [0.15, 0.2) is 6.29 Å². The topological polar surface area (TPSA) is 178 Å². The average Bonchev–Trinajstić information content (AvgIpc) is 3.27. The van der Waals surface area contributed by atoms with Crippen molar-refractivity contribution in [1.82, 2.24) is 0 Å². The maximum Gasteiger partial charge on any atom is 0.397 e. The molecular formula is C51H82O12S. The summed E-state index contributed by atoms with van der Waals surface area (Å²) in [4.78, 5) is 12.8. The third-order valence-corrected chi connectivity index (χ3v) is 10.4. The van der Waals surface area contributed by atoms with Gasteiger partial charge >= 0.3 is 16.4 Å². The maximum atomic E-state index is 12.8. The van der Waals surface area contributed by atoms with Crippen molar-refractivity contribution in [2.45, 2.75) is 179 Å². The summed E-state index contributed by atoms with van der Waals surface area (Å²) in [6.45, 7) is 3.60. The second-order valence-corrected chi connectivity index (χ2v) is 16.6. The molecule has 0 saturated carbocycles. The van der Waals surface area contributed by atoms with E-state index in [1.807, 2.05) is 12.2 Å². The summed E-state index contributed by atoms with van der Waals surface area (Å²) in [7, 11) is -5.08. The van der Waals surface area contributed by atoms with Crippen molar-refractivity contribution in [3.05, 3.63) is 109 Å². The van der Waals surface area contributed by atoms with Crippen LogP contribution in [0.15, 0.2) is 109 Å². The highest BCUT2D eigenvalue weighted by atomic mass is 32.3. The fraction of sp³-hybridized carbons (Fsp3) is 0.627. The van der Waals surface area contributed by atoms with Crippen LogP contribution in [0.5, 0.6) is 0 Å². The van der Waals surface area contributed by atoms with Crippen LogP contribution < -0.4 is 0 Å². The van der Waals surface area contributed by atoms with Gasteiger partial charge in [0.05, 0.1) is 26.2 Å². The number of allylic oxidation sites excluding steroid dienone is 17. The van der Waals surface area contributed by atoms with Crippen molar-refractivity contribution in [1.29, 1.82) is 0 Å². The largest absolute Gasteiger partial charge is 0.457 e. The molecule has 1 aliphatic heterocycles. The Kier molecular flexibility index (Phi) is 37.8. The molecule has 0 radical (unpaired) electrons. The predicted molar refractivity (Wildman–Crippen MR) is 257 cm³/mol. The Morgan fingerprint density at radius 1 is 0.594 bits per heavy atom. The number of rotatable bonds is 39. The molecule has 12 nitrogen and oxygen atoms in total. The fourth-order valence-corrected chi connectivity index (χ4v) is 6.95. The summed E-state index contributed by atoms with van der Waals surface area (Å²) in [6, 6.07) is 0. The molecule has 0 bridgehead atoms. The van der Waals surface area contributed by atoms with Crippen LogP contribution in [-0.2, 0) is 38.3 Å². The van der Waals surface area contributed by atoms with E-state index in [1.54, 1.807) is 6.08 Å². The van der Waals surface area contributed by atoms with E-state index in [1.165, 1.54) is 32.1 Å². The Bertz CT molecular complexity index is 1530. The maximum absolute atomic E-state index is 12.8. The smallest absolute Gasteiger partial charge is 0.397 e. The summed E-state index contributed by atoms with van der Waals surface area (Å²) < 4.78 is 59.0. The lowest BCUT2D eigenvalue weighted by molar-refractivity contribution is -0.301. The molecule has 6 atom stereocenters. The van der Waals surface area contributed by atoms with Crippen molar-refractivity contribution in [3.63, 3.8) is 0 Å². The third-order valence-electron chi connectivity index (χ3n) is 9.92. The lowest BCUT2D eigenvalue weighted by Crippen LogP contribution is -2.60. The number of hydrogen-bond acceptors (Lipinski definition) is 11. The predicted octanol–water partition coefficient (Wildman–Crippen LogP) is 10.4. The van der Waals surface area contributed by atoms with Crippen LogP contribution in [0.1, 0.15) is 142 Å². The zero-order valence-electron chi connectivity index (χ0n) is 38.8. The van der Waals surface area contributed by atoms with E-state index in [-0.39, 0.29) is 19.6 Å². The summed E-state index contributed by atoms with van der Waals surface area (Å²) in [5.74, 6) is -0.533. The van der Waals surface area contributed by atoms with Crippen molar-refractivity contribution in [3.8, 4) is 0 Å². The lowest BCUT2D eigenvalue weighted by atomic mass is 9.99. The van der Waals surface area contributed by atoms with E-state index in [2.05, 4.69) is 109 Å². The molecular weight excluding hydrogens is 837 g/mol. The van der Waals surface area contributed by atoms with E-state index in [0.29, 0.717) is 13.0 Å². The van der Waals surface area contributed by atoms with Crippen LogP contribution in [-0.4, -0.2) is 97.5 Å². The number of carbonyl (C=O) groups excluding carboxylic acids is 1. The molecule has 1 saturated heterocycles. The van der Waals surface area contributed by atoms with Crippen LogP contribution in [0.2, 0.25) is 0 Å². The second kappa shape index (κ2) is 41.2. The van der Waals surface area contributed by atoms with E-state index in [4.69, 9.17) is 23.5 Å². The Hall–Kier alpha value is -3.24. The monoisotopic (exact) mass is 919 g/mol. The molecule has 4 N–H and O–H groups in total. The molecule has 1 aliphatic rings. The van der Waals surface area contributed by atoms with Gasteiger partial charge in [-0.1, -0.05) is 168 Å². The minimum absolute atomic E-state index is 0.000909. The first-order valence-electron chi connectivity index (χ1n) is 23.6.